The molecule has 0 saturated carbocycles. The van der Waals surface area contributed by atoms with E-state index in [9.17, 15) is 22.4 Å². The smallest absolute Gasteiger partial charge is 0.475 e. The fraction of sp³-hybridized carbons (Fsp3) is 0.636. The molecule has 0 bridgehead atoms. The van der Waals surface area contributed by atoms with E-state index in [2.05, 4.69) is 4.90 Å². The summed E-state index contributed by atoms with van der Waals surface area (Å²) in [5.74, 6) is -2.68. The number of hydrogen-bond donors (Lipinski definition) is 1. The molecule has 4 rings (SSSR count). The first kappa shape index (κ1) is 25.4. The van der Waals surface area contributed by atoms with Gasteiger partial charge >= 0.3 is 12.1 Å². The van der Waals surface area contributed by atoms with Gasteiger partial charge in [-0.15, -0.1) is 0 Å². The monoisotopic (exact) mass is 476 g/mol. The van der Waals surface area contributed by atoms with Gasteiger partial charge in [0.05, 0.1) is 19.1 Å². The zero-order chi connectivity index (χ0) is 24.1. The Morgan fingerprint density at radius 2 is 1.58 bits per heavy atom. The molecule has 3 fully saturated rings. The fourth-order valence-electron chi connectivity index (χ4n) is 4.67. The fourth-order valence-corrected chi connectivity index (χ4v) is 4.67. The van der Waals surface area contributed by atoms with Crippen LogP contribution >= 0.6 is 0 Å². The van der Waals surface area contributed by atoms with Crippen molar-refractivity contribution in [3.63, 3.8) is 0 Å². The molecule has 11 heteroatoms. The number of rotatable bonds is 3. The summed E-state index contributed by atoms with van der Waals surface area (Å²) in [6.45, 7) is 6.56. The largest absolute Gasteiger partial charge is 0.490 e. The lowest BCUT2D eigenvalue weighted by molar-refractivity contribution is -0.192. The minimum Gasteiger partial charge on any atom is -0.475 e. The number of morpholine rings is 1. The van der Waals surface area contributed by atoms with Crippen LogP contribution in [0.25, 0.3) is 0 Å². The number of aliphatic carboxylic acids is 1. The molecule has 3 saturated heterocycles. The highest BCUT2D eigenvalue weighted by Gasteiger charge is 2.51. The second-order valence-corrected chi connectivity index (χ2v) is 8.56. The number of carboxylic acid groups (broad SMARTS) is 1. The van der Waals surface area contributed by atoms with E-state index in [1.807, 2.05) is 17.0 Å². The molecule has 1 unspecified atom stereocenters. The molecule has 184 valence electrons. The average molecular weight is 476 g/mol. The zero-order valence-electron chi connectivity index (χ0n) is 18.2. The molecule has 1 amide bonds. The summed E-state index contributed by atoms with van der Waals surface area (Å²) in [5, 5.41) is 7.12. The third kappa shape index (κ3) is 6.64. The van der Waals surface area contributed by atoms with E-state index in [1.165, 1.54) is 12.1 Å². The highest BCUT2D eigenvalue weighted by molar-refractivity contribution is 5.80. The summed E-state index contributed by atoms with van der Waals surface area (Å²) in [6.07, 6.45) is -3.21. The summed E-state index contributed by atoms with van der Waals surface area (Å²) < 4.78 is 55.9. The van der Waals surface area contributed by atoms with Crippen LogP contribution in [0.15, 0.2) is 24.3 Å². The van der Waals surface area contributed by atoms with Crippen LogP contribution in [0.4, 0.5) is 17.6 Å². The first-order valence-electron chi connectivity index (χ1n) is 10.8. The summed E-state index contributed by atoms with van der Waals surface area (Å²) >= 11 is 0. The van der Waals surface area contributed by atoms with Crippen molar-refractivity contribution in [1.82, 2.24) is 9.80 Å². The van der Waals surface area contributed by atoms with Crippen molar-refractivity contribution in [2.45, 2.75) is 25.6 Å². The number of hydrogen-bond acceptors (Lipinski definition) is 5. The van der Waals surface area contributed by atoms with E-state index >= 15 is 0 Å². The van der Waals surface area contributed by atoms with Gasteiger partial charge in [0.15, 0.2) is 0 Å². The summed E-state index contributed by atoms with van der Waals surface area (Å²) in [6, 6.07) is 6.68. The molecule has 0 radical (unpaired) electrons. The highest BCUT2D eigenvalue weighted by atomic mass is 19.4. The Morgan fingerprint density at radius 3 is 2.12 bits per heavy atom. The number of carbonyl (C=O) groups is 2. The van der Waals surface area contributed by atoms with Gasteiger partial charge in [-0.2, -0.15) is 13.2 Å². The van der Waals surface area contributed by atoms with Gasteiger partial charge in [0.2, 0.25) is 5.91 Å². The first-order valence-corrected chi connectivity index (χ1v) is 10.8. The van der Waals surface area contributed by atoms with Gasteiger partial charge in [0, 0.05) is 51.4 Å². The Kier molecular flexibility index (Phi) is 8.30. The molecule has 3 heterocycles. The van der Waals surface area contributed by atoms with E-state index < -0.39 is 12.1 Å². The minimum absolute atomic E-state index is 0.00761. The van der Waals surface area contributed by atoms with Gasteiger partial charge in [-0.1, -0.05) is 12.1 Å². The Bertz CT molecular complexity index is 806. The number of nitrogens with zero attached hydrogens (tertiary/aromatic N) is 2. The van der Waals surface area contributed by atoms with E-state index in [1.54, 1.807) is 0 Å². The minimum atomic E-state index is -5.08. The average Bonchev–Trinajstić information content (AvgIpc) is 3.12. The molecule has 1 N–H and O–H groups in total. The lowest BCUT2D eigenvalue weighted by atomic mass is 9.71. The normalized spacial score (nSPS) is 23.2. The maximum Gasteiger partial charge on any atom is 0.490 e. The van der Waals surface area contributed by atoms with Gasteiger partial charge in [-0.3, -0.25) is 9.69 Å². The van der Waals surface area contributed by atoms with Crippen molar-refractivity contribution in [3.8, 4) is 0 Å². The standard InChI is InChI=1S/C20H27FN2O3.C2HF3O2/c21-17-3-1-16(2-4-17)13-22-14-18(19(24)23-7-11-26-12-8-23)20(15-22)5-9-25-10-6-20;3-2(4,5)1(6)7/h1-4,18H,5-15H2;(H,6,7). The predicted octanol–water partition coefficient (Wildman–Crippen LogP) is 2.55. The molecule has 3 aliphatic rings. The van der Waals surface area contributed by atoms with E-state index in [0.717, 1.165) is 51.3 Å². The number of halogens is 4. The SMILES string of the molecule is O=C(C1CN(Cc2ccc(F)cc2)CC12CCOCC2)N1CCOCC1.O=C(O)C(F)(F)F. The quantitative estimate of drug-likeness (QED) is 0.676. The Hall–Kier alpha value is -2.24. The Balaban J connectivity index is 0.000000383. The lowest BCUT2D eigenvalue weighted by Crippen LogP contribution is -2.49. The molecular weight excluding hydrogens is 448 g/mol. The van der Waals surface area contributed by atoms with Crippen LogP contribution in [0.1, 0.15) is 18.4 Å². The number of likely N-dealkylation sites (tertiary alicyclic amines) is 1. The van der Waals surface area contributed by atoms with Gasteiger partial charge in [0.1, 0.15) is 5.82 Å². The number of alkyl halides is 3. The van der Waals surface area contributed by atoms with E-state index in [0.29, 0.717) is 26.3 Å². The maximum atomic E-state index is 13.3. The van der Waals surface area contributed by atoms with Crippen molar-refractivity contribution < 1.29 is 41.7 Å². The number of carboxylic acids is 1. The van der Waals surface area contributed by atoms with Crippen molar-refractivity contribution in [3.05, 3.63) is 35.6 Å². The number of carbonyl (C=O) groups excluding carboxylic acids is 1. The van der Waals surface area contributed by atoms with Gasteiger partial charge in [-0.25, -0.2) is 9.18 Å². The molecule has 33 heavy (non-hydrogen) atoms. The Labute approximate surface area is 189 Å². The molecule has 1 aromatic carbocycles. The van der Waals surface area contributed by atoms with Crippen LogP contribution < -0.4 is 0 Å². The molecule has 1 atom stereocenters. The van der Waals surface area contributed by atoms with E-state index in [-0.39, 0.29) is 23.1 Å². The van der Waals surface area contributed by atoms with Crippen molar-refractivity contribution in [2.24, 2.45) is 11.3 Å². The van der Waals surface area contributed by atoms with Crippen molar-refractivity contribution in [1.29, 1.82) is 0 Å². The summed E-state index contributed by atoms with van der Waals surface area (Å²) in [5.41, 5.74) is 1.10. The number of benzene rings is 1. The van der Waals surface area contributed by atoms with Gasteiger partial charge in [-0.05, 0) is 30.5 Å². The van der Waals surface area contributed by atoms with E-state index in [4.69, 9.17) is 19.4 Å². The van der Waals surface area contributed by atoms with Crippen LogP contribution in [-0.2, 0) is 25.6 Å². The van der Waals surface area contributed by atoms with Gasteiger partial charge in [0.25, 0.3) is 0 Å². The predicted molar refractivity (Wildman–Crippen MR) is 109 cm³/mol. The molecule has 1 aromatic rings. The molecule has 1 spiro atoms. The second-order valence-electron chi connectivity index (χ2n) is 8.56. The van der Waals surface area contributed by atoms with Crippen LogP contribution in [0.5, 0.6) is 0 Å². The van der Waals surface area contributed by atoms with Crippen LogP contribution in [0.2, 0.25) is 0 Å². The topological polar surface area (TPSA) is 79.3 Å². The van der Waals surface area contributed by atoms with Crippen LogP contribution in [0, 0.1) is 17.2 Å². The molecule has 3 aliphatic heterocycles. The number of ether oxygens (including phenoxy) is 2. The molecular formula is C22H28F4N2O5. The summed E-state index contributed by atoms with van der Waals surface area (Å²) in [4.78, 5) is 26.5. The van der Waals surface area contributed by atoms with Crippen molar-refractivity contribution in [2.75, 3.05) is 52.6 Å². The lowest BCUT2D eigenvalue weighted by Gasteiger charge is -2.40. The number of amides is 1. The maximum absolute atomic E-state index is 13.3. The third-order valence-electron chi connectivity index (χ3n) is 6.39. The molecule has 7 nitrogen and oxygen atoms in total. The Morgan fingerprint density at radius 1 is 1.03 bits per heavy atom. The van der Waals surface area contributed by atoms with Crippen LogP contribution in [-0.4, -0.2) is 85.6 Å². The van der Waals surface area contributed by atoms with Gasteiger partial charge < -0.3 is 19.5 Å². The molecule has 0 aromatic heterocycles. The first-order chi connectivity index (χ1) is 15.6. The van der Waals surface area contributed by atoms with Crippen LogP contribution in [0.3, 0.4) is 0 Å². The third-order valence-corrected chi connectivity index (χ3v) is 6.39. The highest BCUT2D eigenvalue weighted by Crippen LogP contribution is 2.45. The second kappa shape index (κ2) is 10.8. The zero-order valence-corrected chi connectivity index (χ0v) is 18.2. The summed E-state index contributed by atoms with van der Waals surface area (Å²) in [7, 11) is 0. The van der Waals surface area contributed by atoms with Crippen molar-refractivity contribution >= 4 is 11.9 Å². The molecule has 0 aliphatic carbocycles.